The summed E-state index contributed by atoms with van der Waals surface area (Å²) in [7, 11) is 0. The van der Waals surface area contributed by atoms with Crippen molar-refractivity contribution in [2.45, 2.75) is 65.4 Å². The second-order valence-electron chi connectivity index (χ2n) is 7.01. The first kappa shape index (κ1) is 20.0. The number of hydrogen-bond donors (Lipinski definition) is 2. The van der Waals surface area contributed by atoms with Gasteiger partial charge in [-0.1, -0.05) is 25.0 Å². The number of aryl methyl sites for hydroxylation is 1. The van der Waals surface area contributed by atoms with Crippen LogP contribution in [0.25, 0.3) is 0 Å². The average molecular weight is 333 g/mol. The molecule has 0 unspecified atom stereocenters. The molecule has 5 nitrogen and oxygen atoms in total. The second-order valence-corrected chi connectivity index (χ2v) is 7.01. The molecule has 3 N–H and O–H groups in total. The van der Waals surface area contributed by atoms with Crippen LogP contribution < -0.4 is 11.1 Å². The van der Waals surface area contributed by atoms with Crippen LogP contribution in [0.2, 0.25) is 0 Å². The Balaban J connectivity index is 2.11. The fourth-order valence-electron chi connectivity index (χ4n) is 2.24. The van der Waals surface area contributed by atoms with Crippen molar-refractivity contribution >= 4 is 17.6 Å². The molecule has 0 aliphatic rings. The molecule has 134 valence electrons. The number of unbranched alkanes of at least 4 members (excludes halogenated alkanes) is 3. The number of guanidine groups is 1. The molecule has 0 saturated carbocycles. The van der Waals surface area contributed by atoms with Crippen LogP contribution in [0.5, 0.6) is 0 Å². The summed E-state index contributed by atoms with van der Waals surface area (Å²) in [6, 6.07) is 8.01. The van der Waals surface area contributed by atoms with Crippen LogP contribution in [0.4, 0.5) is 5.69 Å². The molecule has 24 heavy (non-hydrogen) atoms. The van der Waals surface area contributed by atoms with E-state index >= 15 is 0 Å². The molecule has 0 spiro atoms. The molecular formula is C19H31N3O2. The van der Waals surface area contributed by atoms with E-state index in [0.29, 0.717) is 18.9 Å². The molecule has 0 bridgehead atoms. The van der Waals surface area contributed by atoms with Gasteiger partial charge in [-0.25, -0.2) is 0 Å². The number of nitrogens with zero attached hydrogens (tertiary/aromatic N) is 1. The number of anilines is 1. The molecule has 1 rings (SSSR count). The lowest BCUT2D eigenvalue weighted by atomic mass is 10.1. The first-order valence-corrected chi connectivity index (χ1v) is 8.62. The predicted molar refractivity (Wildman–Crippen MR) is 100 cm³/mol. The van der Waals surface area contributed by atoms with E-state index in [1.54, 1.807) is 0 Å². The molecule has 1 aromatic rings. The Bertz CT molecular complexity index is 548. The van der Waals surface area contributed by atoms with Crippen molar-refractivity contribution in [3.8, 4) is 0 Å². The third-order valence-corrected chi connectivity index (χ3v) is 3.28. The highest BCUT2D eigenvalue weighted by molar-refractivity contribution is 5.92. The van der Waals surface area contributed by atoms with Gasteiger partial charge in [0.05, 0.1) is 0 Å². The minimum Gasteiger partial charge on any atom is -0.460 e. The summed E-state index contributed by atoms with van der Waals surface area (Å²) in [5.74, 6) is 0.321. The highest BCUT2D eigenvalue weighted by Gasteiger charge is 2.15. The number of carbonyl (C=O) groups excluding carboxylic acids is 1. The summed E-state index contributed by atoms with van der Waals surface area (Å²) < 4.78 is 5.28. The van der Waals surface area contributed by atoms with Crippen molar-refractivity contribution in [3.63, 3.8) is 0 Å². The van der Waals surface area contributed by atoms with E-state index in [4.69, 9.17) is 10.5 Å². The average Bonchev–Trinajstić information content (AvgIpc) is 2.44. The van der Waals surface area contributed by atoms with Gasteiger partial charge in [0.15, 0.2) is 5.96 Å². The fraction of sp³-hybridized carbons (Fsp3) is 0.579. The van der Waals surface area contributed by atoms with Gasteiger partial charge in [-0.15, -0.1) is 0 Å². The smallest absolute Gasteiger partial charge is 0.306 e. The van der Waals surface area contributed by atoms with Crippen molar-refractivity contribution in [2.24, 2.45) is 10.7 Å². The van der Waals surface area contributed by atoms with E-state index in [-0.39, 0.29) is 5.97 Å². The van der Waals surface area contributed by atoms with E-state index in [1.165, 1.54) is 5.56 Å². The van der Waals surface area contributed by atoms with Crippen LogP contribution in [0.1, 0.15) is 58.4 Å². The standard InChI is InChI=1S/C19H31N3O2/c1-15-10-9-11-16(14-15)22-18(20)21-13-8-6-5-7-12-17(23)24-19(2,3)4/h9-11,14H,5-8,12-13H2,1-4H3,(H3,20,21,22). The summed E-state index contributed by atoms with van der Waals surface area (Å²) in [4.78, 5) is 15.9. The predicted octanol–water partition coefficient (Wildman–Crippen LogP) is 4.01. The molecule has 1 aromatic carbocycles. The van der Waals surface area contributed by atoms with Crippen LogP contribution in [0, 0.1) is 6.92 Å². The van der Waals surface area contributed by atoms with Crippen molar-refractivity contribution < 1.29 is 9.53 Å². The lowest BCUT2D eigenvalue weighted by molar-refractivity contribution is -0.154. The number of carbonyl (C=O) groups is 1. The van der Waals surface area contributed by atoms with Gasteiger partial charge >= 0.3 is 5.97 Å². The molecule has 5 heteroatoms. The quantitative estimate of drug-likeness (QED) is 0.326. The molecular weight excluding hydrogens is 302 g/mol. The first-order chi connectivity index (χ1) is 11.3. The monoisotopic (exact) mass is 333 g/mol. The number of benzene rings is 1. The fourth-order valence-corrected chi connectivity index (χ4v) is 2.24. The number of esters is 1. The zero-order valence-corrected chi connectivity index (χ0v) is 15.4. The molecule has 0 amide bonds. The van der Waals surface area contributed by atoms with Crippen molar-refractivity contribution in [1.82, 2.24) is 0 Å². The van der Waals surface area contributed by atoms with E-state index < -0.39 is 5.60 Å². The van der Waals surface area contributed by atoms with E-state index in [1.807, 2.05) is 52.0 Å². The lowest BCUT2D eigenvalue weighted by Crippen LogP contribution is -2.23. The number of nitrogens with two attached hydrogens (primary N) is 1. The number of aliphatic imine (C=N–C) groups is 1. The number of rotatable bonds is 8. The van der Waals surface area contributed by atoms with Crippen molar-refractivity contribution in [2.75, 3.05) is 11.9 Å². The molecule has 0 radical (unpaired) electrons. The Morgan fingerprint density at radius 2 is 1.92 bits per heavy atom. The van der Waals surface area contributed by atoms with Gasteiger partial charge in [-0.2, -0.15) is 0 Å². The summed E-state index contributed by atoms with van der Waals surface area (Å²) in [5, 5.41) is 3.09. The zero-order chi connectivity index (χ0) is 18.0. The number of hydrogen-bond acceptors (Lipinski definition) is 3. The Morgan fingerprint density at radius 1 is 1.21 bits per heavy atom. The van der Waals surface area contributed by atoms with Gasteiger partial charge in [-0.3, -0.25) is 9.79 Å². The minimum atomic E-state index is -0.395. The second kappa shape index (κ2) is 9.96. The molecule has 0 aliphatic heterocycles. The maximum Gasteiger partial charge on any atom is 0.306 e. The van der Waals surface area contributed by atoms with Crippen LogP contribution in [0.15, 0.2) is 29.3 Å². The molecule has 0 aromatic heterocycles. The van der Waals surface area contributed by atoms with Crippen molar-refractivity contribution in [3.05, 3.63) is 29.8 Å². The van der Waals surface area contributed by atoms with Crippen molar-refractivity contribution in [1.29, 1.82) is 0 Å². The SMILES string of the molecule is Cc1cccc(NC(N)=NCCCCCCC(=O)OC(C)(C)C)c1. The summed E-state index contributed by atoms with van der Waals surface area (Å²) >= 11 is 0. The maximum absolute atomic E-state index is 11.6. The normalized spacial score (nSPS) is 12.1. The zero-order valence-electron chi connectivity index (χ0n) is 15.4. The minimum absolute atomic E-state index is 0.118. The Labute approximate surface area is 145 Å². The Kier molecular flexibility index (Phi) is 8.30. The van der Waals surface area contributed by atoms with Gasteiger partial charge in [0, 0.05) is 18.7 Å². The van der Waals surface area contributed by atoms with Crippen LogP contribution in [0.3, 0.4) is 0 Å². The van der Waals surface area contributed by atoms with Gasteiger partial charge in [0.25, 0.3) is 0 Å². The summed E-state index contributed by atoms with van der Waals surface area (Å²) in [6.07, 6.45) is 4.34. The van der Waals surface area contributed by atoms with Gasteiger partial charge in [0.2, 0.25) is 0 Å². The first-order valence-electron chi connectivity index (χ1n) is 8.62. The maximum atomic E-state index is 11.6. The highest BCUT2D eigenvalue weighted by atomic mass is 16.6. The van der Waals surface area contributed by atoms with Crippen LogP contribution >= 0.6 is 0 Å². The largest absolute Gasteiger partial charge is 0.460 e. The number of ether oxygens (including phenoxy) is 1. The van der Waals surface area contributed by atoms with Crippen LogP contribution in [-0.4, -0.2) is 24.1 Å². The van der Waals surface area contributed by atoms with Gasteiger partial charge < -0.3 is 15.8 Å². The topological polar surface area (TPSA) is 76.7 Å². The molecule has 0 atom stereocenters. The van der Waals surface area contributed by atoms with E-state index in [2.05, 4.69) is 10.3 Å². The summed E-state index contributed by atoms with van der Waals surface area (Å²) in [6.45, 7) is 8.39. The molecule has 0 aliphatic carbocycles. The Hall–Kier alpha value is -2.04. The Morgan fingerprint density at radius 3 is 2.58 bits per heavy atom. The third kappa shape index (κ3) is 9.87. The van der Waals surface area contributed by atoms with E-state index in [0.717, 1.165) is 31.4 Å². The molecule has 0 fully saturated rings. The van der Waals surface area contributed by atoms with Gasteiger partial charge in [0.1, 0.15) is 5.60 Å². The molecule has 0 heterocycles. The van der Waals surface area contributed by atoms with Crippen LogP contribution in [-0.2, 0) is 9.53 Å². The highest BCUT2D eigenvalue weighted by Crippen LogP contribution is 2.11. The summed E-state index contributed by atoms with van der Waals surface area (Å²) in [5.41, 5.74) is 7.61. The van der Waals surface area contributed by atoms with Gasteiger partial charge in [-0.05, 0) is 58.2 Å². The lowest BCUT2D eigenvalue weighted by Gasteiger charge is -2.19. The van der Waals surface area contributed by atoms with E-state index in [9.17, 15) is 4.79 Å². The third-order valence-electron chi connectivity index (χ3n) is 3.28. The molecule has 0 saturated heterocycles. The number of nitrogens with one attached hydrogen (secondary N) is 1.